The lowest BCUT2D eigenvalue weighted by molar-refractivity contribution is -0.140. The Bertz CT molecular complexity index is 649. The van der Waals surface area contributed by atoms with Gasteiger partial charge in [-0.05, 0) is 35.0 Å². The first-order valence-corrected chi connectivity index (χ1v) is 6.64. The second-order valence-corrected chi connectivity index (χ2v) is 4.98. The van der Waals surface area contributed by atoms with Crippen LogP contribution >= 0.6 is 15.9 Å². The Morgan fingerprint density at radius 2 is 2.10 bits per heavy atom. The number of hydrogen-bond donors (Lipinski definition) is 0. The van der Waals surface area contributed by atoms with Crippen molar-refractivity contribution in [3.05, 3.63) is 34.4 Å². The fraction of sp³-hybridized carbons (Fsp3) is 0.308. The van der Waals surface area contributed by atoms with Gasteiger partial charge in [-0.25, -0.2) is 4.79 Å². The second-order valence-electron chi connectivity index (χ2n) is 4.13. The SMILES string of the molecule is CCOC(=O)c1cc2cccc(Br)c2n1CC(F)(F)F. The van der Waals surface area contributed by atoms with Crippen LogP contribution in [0.5, 0.6) is 0 Å². The lowest BCUT2D eigenvalue weighted by atomic mass is 10.2. The summed E-state index contributed by atoms with van der Waals surface area (Å²) < 4.78 is 44.4. The maximum absolute atomic E-state index is 12.7. The van der Waals surface area contributed by atoms with E-state index in [4.69, 9.17) is 4.74 Å². The van der Waals surface area contributed by atoms with Crippen molar-refractivity contribution in [2.75, 3.05) is 6.61 Å². The van der Waals surface area contributed by atoms with E-state index in [0.717, 1.165) is 4.57 Å². The summed E-state index contributed by atoms with van der Waals surface area (Å²) >= 11 is 3.22. The second kappa shape index (κ2) is 5.47. The summed E-state index contributed by atoms with van der Waals surface area (Å²) in [6.45, 7) is 0.464. The number of halogens is 4. The van der Waals surface area contributed by atoms with Gasteiger partial charge in [0.05, 0.1) is 12.1 Å². The summed E-state index contributed by atoms with van der Waals surface area (Å²) in [5, 5.41) is 0.548. The highest BCUT2D eigenvalue weighted by atomic mass is 79.9. The highest BCUT2D eigenvalue weighted by molar-refractivity contribution is 9.10. The molecule has 0 unspecified atom stereocenters. The quantitative estimate of drug-likeness (QED) is 0.779. The fourth-order valence-electron chi connectivity index (χ4n) is 2.00. The van der Waals surface area contributed by atoms with E-state index in [1.165, 1.54) is 6.07 Å². The zero-order chi connectivity index (χ0) is 14.9. The van der Waals surface area contributed by atoms with E-state index in [1.54, 1.807) is 25.1 Å². The molecule has 0 aliphatic rings. The lowest BCUT2D eigenvalue weighted by Gasteiger charge is -2.13. The summed E-state index contributed by atoms with van der Waals surface area (Å²) in [7, 11) is 0. The Labute approximate surface area is 121 Å². The lowest BCUT2D eigenvalue weighted by Crippen LogP contribution is -2.21. The van der Waals surface area contributed by atoms with Gasteiger partial charge in [0.15, 0.2) is 0 Å². The molecule has 20 heavy (non-hydrogen) atoms. The molecule has 0 atom stereocenters. The summed E-state index contributed by atoms with van der Waals surface area (Å²) in [6.07, 6.45) is -4.43. The van der Waals surface area contributed by atoms with E-state index < -0.39 is 18.7 Å². The maximum atomic E-state index is 12.7. The first-order valence-electron chi connectivity index (χ1n) is 5.85. The molecule has 3 nitrogen and oxygen atoms in total. The molecule has 0 fully saturated rings. The normalized spacial score (nSPS) is 11.8. The molecule has 0 saturated carbocycles. The molecule has 0 radical (unpaired) electrons. The summed E-state index contributed by atoms with van der Waals surface area (Å²) in [6, 6.07) is 6.38. The number of fused-ring (bicyclic) bond motifs is 1. The van der Waals surface area contributed by atoms with Crippen LogP contribution in [0.1, 0.15) is 17.4 Å². The van der Waals surface area contributed by atoms with Gasteiger partial charge in [-0.3, -0.25) is 0 Å². The van der Waals surface area contributed by atoms with Crippen LogP contribution in [-0.2, 0) is 11.3 Å². The molecule has 0 aliphatic carbocycles. The molecule has 1 aromatic carbocycles. The monoisotopic (exact) mass is 349 g/mol. The summed E-state index contributed by atoms with van der Waals surface area (Å²) in [5.41, 5.74) is 0.221. The van der Waals surface area contributed by atoms with E-state index in [2.05, 4.69) is 15.9 Å². The zero-order valence-corrected chi connectivity index (χ0v) is 12.1. The molecule has 0 amide bonds. The number of aromatic nitrogens is 1. The number of rotatable bonds is 3. The zero-order valence-electron chi connectivity index (χ0n) is 10.5. The van der Waals surface area contributed by atoms with Gasteiger partial charge in [0, 0.05) is 9.86 Å². The van der Waals surface area contributed by atoms with Gasteiger partial charge in [0.1, 0.15) is 12.2 Å². The molecular formula is C13H11BrF3NO2. The minimum Gasteiger partial charge on any atom is -0.461 e. The van der Waals surface area contributed by atoms with Crippen molar-refractivity contribution >= 4 is 32.8 Å². The average Bonchev–Trinajstić information content (AvgIpc) is 2.67. The molecule has 0 aliphatic heterocycles. The Morgan fingerprint density at radius 3 is 2.70 bits per heavy atom. The van der Waals surface area contributed by atoms with E-state index in [-0.39, 0.29) is 12.3 Å². The van der Waals surface area contributed by atoms with Gasteiger partial charge in [-0.2, -0.15) is 13.2 Å². The third kappa shape index (κ3) is 2.98. The summed E-state index contributed by atoms with van der Waals surface area (Å²) in [4.78, 5) is 11.8. The Hall–Kier alpha value is -1.50. The molecule has 0 bridgehead atoms. The van der Waals surface area contributed by atoms with Crippen molar-refractivity contribution in [3.8, 4) is 0 Å². The number of para-hydroxylation sites is 1. The molecule has 2 aromatic rings. The van der Waals surface area contributed by atoms with Crippen LogP contribution < -0.4 is 0 Å². The number of hydrogen-bond acceptors (Lipinski definition) is 2. The van der Waals surface area contributed by atoms with Crippen LogP contribution in [0.4, 0.5) is 13.2 Å². The first kappa shape index (κ1) is 14.9. The Morgan fingerprint density at radius 1 is 1.40 bits per heavy atom. The third-order valence-corrected chi connectivity index (χ3v) is 3.33. The standard InChI is InChI=1S/C13H11BrF3NO2/c1-2-20-12(19)10-6-8-4-3-5-9(14)11(8)18(10)7-13(15,16)17/h3-6H,2,7H2,1H3. The van der Waals surface area contributed by atoms with Gasteiger partial charge < -0.3 is 9.30 Å². The van der Waals surface area contributed by atoms with Gasteiger partial charge in [-0.15, -0.1) is 0 Å². The predicted octanol–water partition coefficient (Wildman–Crippen LogP) is 4.14. The van der Waals surface area contributed by atoms with Gasteiger partial charge in [0.2, 0.25) is 0 Å². The van der Waals surface area contributed by atoms with Crippen molar-refractivity contribution in [3.63, 3.8) is 0 Å². The average molecular weight is 350 g/mol. The van der Waals surface area contributed by atoms with Crippen LogP contribution in [0.3, 0.4) is 0 Å². The third-order valence-electron chi connectivity index (χ3n) is 2.69. The van der Waals surface area contributed by atoms with Gasteiger partial charge in [0.25, 0.3) is 0 Å². The van der Waals surface area contributed by atoms with Crippen LogP contribution in [-0.4, -0.2) is 23.3 Å². The number of ether oxygens (including phenoxy) is 1. The molecule has 1 heterocycles. The van der Waals surface area contributed by atoms with E-state index in [0.29, 0.717) is 15.4 Å². The van der Waals surface area contributed by atoms with Gasteiger partial charge in [-0.1, -0.05) is 12.1 Å². The minimum absolute atomic E-state index is 0.105. The maximum Gasteiger partial charge on any atom is 0.406 e. The van der Waals surface area contributed by atoms with Crippen molar-refractivity contribution < 1.29 is 22.7 Å². The topological polar surface area (TPSA) is 31.2 Å². The molecule has 0 spiro atoms. The van der Waals surface area contributed by atoms with Crippen LogP contribution in [0.25, 0.3) is 10.9 Å². The van der Waals surface area contributed by atoms with Crippen molar-refractivity contribution in [2.24, 2.45) is 0 Å². The van der Waals surface area contributed by atoms with Crippen molar-refractivity contribution in [1.29, 1.82) is 0 Å². The van der Waals surface area contributed by atoms with E-state index in [9.17, 15) is 18.0 Å². The molecule has 2 rings (SSSR count). The smallest absolute Gasteiger partial charge is 0.406 e. The van der Waals surface area contributed by atoms with Crippen LogP contribution in [0.2, 0.25) is 0 Å². The van der Waals surface area contributed by atoms with Crippen molar-refractivity contribution in [2.45, 2.75) is 19.6 Å². The number of nitrogens with zero attached hydrogens (tertiary/aromatic N) is 1. The number of carbonyl (C=O) groups is 1. The Balaban J connectivity index is 2.64. The molecule has 1 aromatic heterocycles. The molecular weight excluding hydrogens is 339 g/mol. The van der Waals surface area contributed by atoms with E-state index in [1.807, 2.05) is 0 Å². The highest BCUT2D eigenvalue weighted by Gasteiger charge is 2.31. The highest BCUT2D eigenvalue weighted by Crippen LogP contribution is 2.30. The number of carbonyl (C=O) groups excluding carboxylic acids is 1. The Kier molecular flexibility index (Phi) is 4.08. The number of alkyl halides is 3. The predicted molar refractivity (Wildman–Crippen MR) is 71.6 cm³/mol. The number of esters is 1. The van der Waals surface area contributed by atoms with E-state index >= 15 is 0 Å². The molecule has 0 saturated heterocycles. The number of benzene rings is 1. The molecule has 7 heteroatoms. The van der Waals surface area contributed by atoms with Crippen LogP contribution in [0, 0.1) is 0 Å². The molecule has 0 N–H and O–H groups in total. The first-order chi connectivity index (χ1) is 9.33. The van der Waals surface area contributed by atoms with Gasteiger partial charge >= 0.3 is 12.1 Å². The fourth-order valence-corrected chi connectivity index (χ4v) is 2.59. The summed E-state index contributed by atoms with van der Waals surface area (Å²) in [5.74, 6) is -0.764. The van der Waals surface area contributed by atoms with Crippen molar-refractivity contribution in [1.82, 2.24) is 4.57 Å². The largest absolute Gasteiger partial charge is 0.461 e. The van der Waals surface area contributed by atoms with Crippen LogP contribution in [0.15, 0.2) is 28.7 Å². The minimum atomic E-state index is -4.43. The molecule has 108 valence electrons.